The number of carbonyl (C=O) groups excluding carboxylic acids is 1. The molecule has 3 rings (SSSR count). The maximum Gasteiger partial charge on any atom is 0.434 e. The van der Waals surface area contributed by atoms with Gasteiger partial charge in [0.15, 0.2) is 5.69 Å². The van der Waals surface area contributed by atoms with Crippen LogP contribution >= 0.6 is 0 Å². The van der Waals surface area contributed by atoms with E-state index < -0.39 is 28.3 Å². The number of carbonyl (C=O) groups is 1. The van der Waals surface area contributed by atoms with Crippen molar-refractivity contribution >= 4 is 11.6 Å². The number of benzene rings is 2. The largest absolute Gasteiger partial charge is 0.434 e. The van der Waals surface area contributed by atoms with E-state index in [2.05, 4.69) is 10.4 Å². The van der Waals surface area contributed by atoms with Crippen LogP contribution in [0, 0.1) is 17.0 Å². The van der Waals surface area contributed by atoms with E-state index in [9.17, 15) is 28.1 Å². The lowest BCUT2D eigenvalue weighted by atomic mass is 10.1. The highest BCUT2D eigenvalue weighted by atomic mass is 19.4. The molecule has 1 amide bonds. The molecule has 0 bridgehead atoms. The third-order valence-corrected chi connectivity index (χ3v) is 4.23. The lowest BCUT2D eigenvalue weighted by molar-refractivity contribution is -0.384. The van der Waals surface area contributed by atoms with Crippen molar-refractivity contribution in [1.29, 1.82) is 0 Å². The molecule has 10 heteroatoms. The Kier molecular flexibility index (Phi) is 5.35. The summed E-state index contributed by atoms with van der Waals surface area (Å²) in [6, 6.07) is 11.7. The molecule has 150 valence electrons. The molecule has 29 heavy (non-hydrogen) atoms. The minimum Gasteiger partial charge on any atom is -0.348 e. The summed E-state index contributed by atoms with van der Waals surface area (Å²) < 4.78 is 41.8. The second-order valence-electron chi connectivity index (χ2n) is 6.21. The molecular formula is C19H15F3N4O3. The predicted octanol–water partition coefficient (Wildman–Crippen LogP) is 4.04. The van der Waals surface area contributed by atoms with Crippen LogP contribution in [0.1, 0.15) is 27.2 Å². The number of para-hydroxylation sites is 1. The van der Waals surface area contributed by atoms with E-state index in [-0.39, 0.29) is 17.9 Å². The van der Waals surface area contributed by atoms with Crippen molar-refractivity contribution in [2.75, 3.05) is 0 Å². The summed E-state index contributed by atoms with van der Waals surface area (Å²) in [4.78, 5) is 22.5. The molecule has 1 N–H and O–H groups in total. The van der Waals surface area contributed by atoms with E-state index >= 15 is 0 Å². The normalized spacial score (nSPS) is 11.3. The number of nitro groups is 1. The molecule has 1 aromatic heterocycles. The molecule has 0 fully saturated rings. The van der Waals surface area contributed by atoms with Crippen LogP contribution in [-0.2, 0) is 12.7 Å². The number of amides is 1. The molecule has 2 aromatic carbocycles. The van der Waals surface area contributed by atoms with Gasteiger partial charge in [-0.1, -0.05) is 30.3 Å². The number of hydrogen-bond acceptors (Lipinski definition) is 4. The Labute approximate surface area is 162 Å². The Hall–Kier alpha value is -3.69. The van der Waals surface area contributed by atoms with Gasteiger partial charge in [0.05, 0.1) is 22.4 Å². The van der Waals surface area contributed by atoms with Crippen molar-refractivity contribution in [2.45, 2.75) is 19.6 Å². The summed E-state index contributed by atoms with van der Waals surface area (Å²) in [6.07, 6.45) is -3.93. The van der Waals surface area contributed by atoms with Crippen LogP contribution in [0.25, 0.3) is 5.69 Å². The third-order valence-electron chi connectivity index (χ3n) is 4.23. The minimum atomic E-state index is -4.81. The SMILES string of the molecule is Cc1ccccc1-n1ncc(C(=O)NCc2ccc([N+](=O)[O-])cc2)c1C(F)(F)F. The number of alkyl halides is 3. The number of aromatic nitrogens is 2. The fraction of sp³-hybridized carbons (Fsp3) is 0.158. The van der Waals surface area contributed by atoms with Gasteiger partial charge in [-0.2, -0.15) is 18.3 Å². The van der Waals surface area contributed by atoms with Gasteiger partial charge < -0.3 is 5.32 Å². The van der Waals surface area contributed by atoms with Gasteiger partial charge in [-0.25, -0.2) is 4.68 Å². The molecule has 7 nitrogen and oxygen atoms in total. The molecular weight excluding hydrogens is 389 g/mol. The molecule has 0 aliphatic carbocycles. The number of non-ortho nitro benzene ring substituents is 1. The van der Waals surface area contributed by atoms with E-state index in [0.29, 0.717) is 15.8 Å². The lowest BCUT2D eigenvalue weighted by Crippen LogP contribution is -2.26. The van der Waals surface area contributed by atoms with Crippen molar-refractivity contribution in [3.63, 3.8) is 0 Å². The van der Waals surface area contributed by atoms with E-state index in [1.165, 1.54) is 30.3 Å². The Bertz CT molecular complexity index is 1060. The van der Waals surface area contributed by atoms with Crippen molar-refractivity contribution in [1.82, 2.24) is 15.1 Å². The van der Waals surface area contributed by atoms with Crippen molar-refractivity contribution in [3.05, 3.63) is 87.2 Å². The van der Waals surface area contributed by atoms with Crippen LogP contribution in [0.2, 0.25) is 0 Å². The maximum absolute atomic E-state index is 13.7. The number of hydrogen-bond donors (Lipinski definition) is 1. The zero-order valence-electron chi connectivity index (χ0n) is 15.1. The fourth-order valence-electron chi connectivity index (χ4n) is 2.78. The summed E-state index contributed by atoms with van der Waals surface area (Å²) in [5, 5.41) is 16.8. The number of nitrogens with one attached hydrogen (secondary N) is 1. The second kappa shape index (κ2) is 7.74. The van der Waals surface area contributed by atoms with Gasteiger partial charge in [-0.15, -0.1) is 0 Å². The molecule has 0 aliphatic heterocycles. The van der Waals surface area contributed by atoms with Gasteiger partial charge in [0.2, 0.25) is 0 Å². The van der Waals surface area contributed by atoms with E-state index in [1.807, 2.05) is 0 Å². The molecule has 0 saturated carbocycles. The first-order valence-corrected chi connectivity index (χ1v) is 8.41. The first kappa shape index (κ1) is 20.1. The molecule has 0 saturated heterocycles. The van der Waals surface area contributed by atoms with Crippen LogP contribution in [0.4, 0.5) is 18.9 Å². The zero-order valence-corrected chi connectivity index (χ0v) is 15.1. The van der Waals surface area contributed by atoms with E-state index in [4.69, 9.17) is 0 Å². The van der Waals surface area contributed by atoms with Crippen LogP contribution in [-0.4, -0.2) is 20.6 Å². The highest BCUT2D eigenvalue weighted by Crippen LogP contribution is 2.34. The Morgan fingerprint density at radius 2 is 1.83 bits per heavy atom. The lowest BCUT2D eigenvalue weighted by Gasteiger charge is -2.14. The van der Waals surface area contributed by atoms with Crippen LogP contribution in [0.3, 0.4) is 0 Å². The number of rotatable bonds is 5. The zero-order chi connectivity index (χ0) is 21.2. The molecule has 0 spiro atoms. The molecule has 0 aliphatic rings. The van der Waals surface area contributed by atoms with Crippen LogP contribution in [0.5, 0.6) is 0 Å². The summed E-state index contributed by atoms with van der Waals surface area (Å²) in [5.41, 5.74) is -0.619. The molecule has 3 aromatic rings. The molecule has 0 radical (unpaired) electrons. The van der Waals surface area contributed by atoms with Gasteiger partial charge in [-0.3, -0.25) is 14.9 Å². The number of nitrogens with zero attached hydrogens (tertiary/aromatic N) is 3. The monoisotopic (exact) mass is 404 g/mol. The topological polar surface area (TPSA) is 90.1 Å². The smallest absolute Gasteiger partial charge is 0.348 e. The third kappa shape index (κ3) is 4.26. The Morgan fingerprint density at radius 3 is 2.41 bits per heavy atom. The first-order chi connectivity index (χ1) is 13.7. The maximum atomic E-state index is 13.7. The summed E-state index contributed by atoms with van der Waals surface area (Å²) in [5.74, 6) is -0.949. The summed E-state index contributed by atoms with van der Waals surface area (Å²) in [6.45, 7) is 1.55. The van der Waals surface area contributed by atoms with Crippen molar-refractivity contribution < 1.29 is 22.9 Å². The van der Waals surface area contributed by atoms with Gasteiger partial charge >= 0.3 is 6.18 Å². The predicted molar refractivity (Wildman–Crippen MR) is 97.6 cm³/mol. The summed E-state index contributed by atoms with van der Waals surface area (Å²) >= 11 is 0. The number of halogens is 3. The fourth-order valence-corrected chi connectivity index (χ4v) is 2.78. The van der Waals surface area contributed by atoms with Crippen molar-refractivity contribution in [2.24, 2.45) is 0 Å². The Morgan fingerprint density at radius 1 is 1.17 bits per heavy atom. The quantitative estimate of drug-likeness (QED) is 0.513. The first-order valence-electron chi connectivity index (χ1n) is 8.41. The minimum absolute atomic E-state index is 0.0936. The van der Waals surface area contributed by atoms with Gasteiger partial charge in [0.1, 0.15) is 0 Å². The average Bonchev–Trinajstić information content (AvgIpc) is 3.12. The number of aryl methyl sites for hydroxylation is 1. The summed E-state index contributed by atoms with van der Waals surface area (Å²) in [7, 11) is 0. The van der Waals surface area contributed by atoms with Gasteiger partial charge in [0, 0.05) is 18.7 Å². The van der Waals surface area contributed by atoms with Crippen LogP contribution < -0.4 is 5.32 Å². The highest BCUT2D eigenvalue weighted by Gasteiger charge is 2.40. The van der Waals surface area contributed by atoms with Crippen molar-refractivity contribution in [3.8, 4) is 5.69 Å². The Balaban J connectivity index is 1.87. The van der Waals surface area contributed by atoms with E-state index in [0.717, 1.165) is 6.20 Å². The highest BCUT2D eigenvalue weighted by molar-refractivity contribution is 5.95. The van der Waals surface area contributed by atoms with Gasteiger partial charge in [0.25, 0.3) is 11.6 Å². The standard InChI is InChI=1S/C19H15F3N4O3/c1-12-4-2-3-5-16(12)25-17(19(20,21)22)15(11-24-25)18(27)23-10-13-6-8-14(9-7-13)26(28)29/h2-9,11H,10H2,1H3,(H,23,27). The van der Waals surface area contributed by atoms with E-state index in [1.54, 1.807) is 25.1 Å². The number of nitro benzene ring substituents is 1. The van der Waals surface area contributed by atoms with Crippen LogP contribution in [0.15, 0.2) is 54.7 Å². The molecule has 1 heterocycles. The second-order valence-corrected chi connectivity index (χ2v) is 6.21. The molecule has 0 atom stereocenters. The average molecular weight is 404 g/mol. The molecule has 0 unspecified atom stereocenters. The van der Waals surface area contributed by atoms with Gasteiger partial charge in [-0.05, 0) is 24.1 Å².